The van der Waals surface area contributed by atoms with Crippen LogP contribution in [0.2, 0.25) is 5.02 Å². The SMILES string of the molecule is CCC(O)(c1cccc(F)c1)c1cc2cc(Cl)ccc2o1. The largest absolute Gasteiger partial charge is 0.458 e. The number of rotatable bonds is 3. The number of halogens is 2. The summed E-state index contributed by atoms with van der Waals surface area (Å²) in [7, 11) is 0. The van der Waals surface area contributed by atoms with Gasteiger partial charge in [-0.3, -0.25) is 0 Å². The molecule has 108 valence electrons. The lowest BCUT2D eigenvalue weighted by Gasteiger charge is -2.25. The Balaban J connectivity index is 2.16. The molecule has 0 saturated carbocycles. The number of hydrogen-bond donors (Lipinski definition) is 1. The minimum Gasteiger partial charge on any atom is -0.458 e. The van der Waals surface area contributed by atoms with E-state index in [4.69, 9.17) is 16.0 Å². The van der Waals surface area contributed by atoms with Crippen LogP contribution in [0.3, 0.4) is 0 Å². The highest BCUT2D eigenvalue weighted by molar-refractivity contribution is 6.31. The lowest BCUT2D eigenvalue weighted by molar-refractivity contribution is 0.0541. The zero-order chi connectivity index (χ0) is 15.0. The quantitative estimate of drug-likeness (QED) is 0.749. The molecule has 0 radical (unpaired) electrons. The maximum atomic E-state index is 13.4. The first kappa shape index (κ1) is 14.1. The van der Waals surface area contributed by atoms with Crippen LogP contribution in [0.15, 0.2) is 52.9 Å². The second-order valence-electron chi connectivity index (χ2n) is 5.02. The van der Waals surface area contributed by atoms with Crippen molar-refractivity contribution in [3.63, 3.8) is 0 Å². The van der Waals surface area contributed by atoms with Gasteiger partial charge < -0.3 is 9.52 Å². The van der Waals surface area contributed by atoms with Crippen LogP contribution in [0.4, 0.5) is 4.39 Å². The van der Waals surface area contributed by atoms with Gasteiger partial charge in [-0.15, -0.1) is 0 Å². The molecule has 2 nitrogen and oxygen atoms in total. The van der Waals surface area contributed by atoms with Crippen LogP contribution in [0.25, 0.3) is 11.0 Å². The minimum absolute atomic E-state index is 0.365. The molecule has 0 aliphatic heterocycles. The molecule has 3 rings (SSSR count). The van der Waals surface area contributed by atoms with Crippen LogP contribution < -0.4 is 0 Å². The third kappa shape index (κ3) is 2.43. The highest BCUT2D eigenvalue weighted by atomic mass is 35.5. The lowest BCUT2D eigenvalue weighted by atomic mass is 9.88. The number of benzene rings is 2. The third-order valence-corrected chi connectivity index (χ3v) is 3.93. The minimum atomic E-state index is -1.37. The van der Waals surface area contributed by atoms with Crippen LogP contribution in [0.5, 0.6) is 0 Å². The molecule has 21 heavy (non-hydrogen) atoms. The summed E-state index contributed by atoms with van der Waals surface area (Å²) in [6.07, 6.45) is 0.365. The van der Waals surface area contributed by atoms with Crippen LogP contribution in [0, 0.1) is 5.82 Å². The van der Waals surface area contributed by atoms with Gasteiger partial charge in [-0.05, 0) is 48.4 Å². The van der Waals surface area contributed by atoms with E-state index in [0.717, 1.165) is 5.39 Å². The Kier molecular flexibility index (Phi) is 3.47. The van der Waals surface area contributed by atoms with Crippen molar-refractivity contribution < 1.29 is 13.9 Å². The zero-order valence-electron chi connectivity index (χ0n) is 11.4. The predicted octanol–water partition coefficient (Wildman–Crippen LogP) is 4.87. The average Bonchev–Trinajstić information content (AvgIpc) is 2.89. The van der Waals surface area contributed by atoms with Gasteiger partial charge in [0.2, 0.25) is 0 Å². The van der Waals surface area contributed by atoms with Crippen LogP contribution in [-0.2, 0) is 5.60 Å². The number of hydrogen-bond acceptors (Lipinski definition) is 2. The fourth-order valence-electron chi connectivity index (χ4n) is 2.48. The fraction of sp³-hybridized carbons (Fsp3) is 0.176. The summed E-state index contributed by atoms with van der Waals surface area (Å²) >= 11 is 5.96. The van der Waals surface area contributed by atoms with Crippen molar-refractivity contribution >= 4 is 22.6 Å². The molecule has 1 aromatic heterocycles. The maximum Gasteiger partial charge on any atom is 0.147 e. The summed E-state index contributed by atoms with van der Waals surface area (Å²) in [5.74, 6) is -0.00797. The number of fused-ring (bicyclic) bond motifs is 1. The third-order valence-electron chi connectivity index (χ3n) is 3.70. The Hall–Kier alpha value is -1.84. The van der Waals surface area contributed by atoms with Crippen molar-refractivity contribution in [2.75, 3.05) is 0 Å². The van der Waals surface area contributed by atoms with E-state index in [1.54, 1.807) is 36.4 Å². The number of furan rings is 1. The van der Waals surface area contributed by atoms with Crippen LogP contribution >= 0.6 is 11.6 Å². The van der Waals surface area contributed by atoms with Gasteiger partial charge in [0, 0.05) is 10.4 Å². The molecular weight excluding hydrogens is 291 g/mol. The average molecular weight is 305 g/mol. The van der Waals surface area contributed by atoms with Gasteiger partial charge in [0.05, 0.1) is 0 Å². The van der Waals surface area contributed by atoms with Crippen LogP contribution in [-0.4, -0.2) is 5.11 Å². The molecule has 1 atom stereocenters. The maximum absolute atomic E-state index is 13.4. The first-order valence-corrected chi connectivity index (χ1v) is 7.09. The van der Waals surface area contributed by atoms with Gasteiger partial charge in [-0.2, -0.15) is 0 Å². The summed E-state index contributed by atoms with van der Waals surface area (Å²) in [5.41, 5.74) is -0.263. The van der Waals surface area contributed by atoms with Crippen molar-refractivity contribution in [1.29, 1.82) is 0 Å². The molecule has 0 aliphatic carbocycles. The Morgan fingerprint density at radius 3 is 2.71 bits per heavy atom. The number of aliphatic hydroxyl groups is 1. The van der Waals surface area contributed by atoms with Crippen LogP contribution in [0.1, 0.15) is 24.7 Å². The Morgan fingerprint density at radius 2 is 2.00 bits per heavy atom. The summed E-state index contributed by atoms with van der Waals surface area (Å²) < 4.78 is 19.2. The van der Waals surface area contributed by atoms with E-state index in [2.05, 4.69) is 0 Å². The van der Waals surface area contributed by atoms with Gasteiger partial charge in [0.25, 0.3) is 0 Å². The first-order chi connectivity index (χ1) is 10.0. The lowest BCUT2D eigenvalue weighted by Crippen LogP contribution is -2.25. The van der Waals surface area contributed by atoms with Gasteiger partial charge in [0.1, 0.15) is 22.8 Å². The smallest absolute Gasteiger partial charge is 0.147 e. The fourth-order valence-corrected chi connectivity index (χ4v) is 2.66. The normalized spacial score (nSPS) is 14.3. The molecular formula is C17H14ClFO2. The molecule has 0 bridgehead atoms. The van der Waals surface area contributed by atoms with Crippen molar-refractivity contribution in [3.8, 4) is 0 Å². The van der Waals surface area contributed by atoms with E-state index in [1.807, 2.05) is 6.92 Å². The van der Waals surface area contributed by atoms with E-state index in [-0.39, 0.29) is 0 Å². The summed E-state index contributed by atoms with van der Waals surface area (Å²) in [4.78, 5) is 0. The van der Waals surface area contributed by atoms with Crippen molar-refractivity contribution in [2.24, 2.45) is 0 Å². The molecule has 0 amide bonds. The molecule has 0 aliphatic rings. The van der Waals surface area contributed by atoms with E-state index in [9.17, 15) is 9.50 Å². The van der Waals surface area contributed by atoms with E-state index < -0.39 is 11.4 Å². The van der Waals surface area contributed by atoms with Crippen molar-refractivity contribution in [1.82, 2.24) is 0 Å². The summed E-state index contributed by atoms with van der Waals surface area (Å²) in [5, 5.41) is 12.4. The second-order valence-corrected chi connectivity index (χ2v) is 5.45. The molecule has 2 aromatic carbocycles. The molecule has 0 saturated heterocycles. The van der Waals surface area contributed by atoms with E-state index in [0.29, 0.717) is 28.4 Å². The molecule has 3 aromatic rings. The molecule has 0 fully saturated rings. The molecule has 1 N–H and O–H groups in total. The first-order valence-electron chi connectivity index (χ1n) is 6.71. The topological polar surface area (TPSA) is 33.4 Å². The monoisotopic (exact) mass is 304 g/mol. The summed E-state index contributed by atoms with van der Waals surface area (Å²) in [6, 6.07) is 12.9. The van der Waals surface area contributed by atoms with Gasteiger partial charge >= 0.3 is 0 Å². The molecule has 1 unspecified atom stereocenters. The summed E-state index contributed by atoms with van der Waals surface area (Å²) in [6.45, 7) is 1.82. The van der Waals surface area contributed by atoms with Crippen molar-refractivity contribution in [2.45, 2.75) is 18.9 Å². The highest BCUT2D eigenvalue weighted by Crippen LogP contribution is 2.37. The Labute approximate surface area is 126 Å². The highest BCUT2D eigenvalue weighted by Gasteiger charge is 2.33. The standard InChI is InChI=1S/C17H14ClFO2/c1-2-17(20,12-4-3-5-14(19)10-12)16-9-11-8-13(18)6-7-15(11)21-16/h3-10,20H,2H2,1H3. The molecule has 4 heteroatoms. The zero-order valence-corrected chi connectivity index (χ0v) is 12.2. The Morgan fingerprint density at radius 1 is 1.19 bits per heavy atom. The van der Waals surface area contributed by atoms with E-state index >= 15 is 0 Å². The molecule has 1 heterocycles. The van der Waals surface area contributed by atoms with E-state index in [1.165, 1.54) is 12.1 Å². The predicted molar refractivity (Wildman–Crippen MR) is 80.9 cm³/mol. The van der Waals surface area contributed by atoms with Gasteiger partial charge in [-0.25, -0.2) is 4.39 Å². The molecule has 0 spiro atoms. The second kappa shape index (κ2) is 5.17. The van der Waals surface area contributed by atoms with Gasteiger partial charge in [-0.1, -0.05) is 30.7 Å². The van der Waals surface area contributed by atoms with Crippen molar-refractivity contribution in [3.05, 3.63) is 70.7 Å². The van der Waals surface area contributed by atoms with Gasteiger partial charge in [0.15, 0.2) is 0 Å². The Bertz CT molecular complexity index is 796.